The maximum atomic E-state index is 11.7. The molecule has 2 fully saturated rings. The number of carbonyl (C=O) groups is 2. The molecule has 0 bridgehead atoms. The minimum absolute atomic E-state index is 0.464. The molecule has 2 rings (SSSR count). The molecule has 13 heteroatoms. The fourth-order valence-electron chi connectivity index (χ4n) is 3.14. The molecule has 0 aromatic rings. The van der Waals surface area contributed by atoms with Crippen LogP contribution >= 0.6 is 0 Å². The van der Waals surface area contributed by atoms with E-state index in [-0.39, 0.29) is 0 Å². The average Bonchev–Trinajstić information content (AvgIpc) is 2.96. The van der Waals surface area contributed by atoms with Crippen LogP contribution in [-0.4, -0.2) is 117 Å². The monoisotopic (exact) mass is 454 g/mol. The molecule has 9 atom stereocenters. The van der Waals surface area contributed by atoms with Crippen LogP contribution in [0, 0.1) is 5.92 Å². The number of ether oxygens (including phenoxy) is 5. The highest BCUT2D eigenvalue weighted by atomic mass is 16.8. The van der Waals surface area contributed by atoms with Gasteiger partial charge in [-0.3, -0.25) is 9.59 Å². The number of hydrogen-bond donors (Lipinski definition) is 6. The van der Waals surface area contributed by atoms with Crippen molar-refractivity contribution in [3.05, 3.63) is 0 Å². The SMILES string of the molecule is CC(=O)OC[C@@]1(O[C@H]2O[C@H](COC(=O)C(C)C)[C@@H](O)[C@H](O)[C@H]2O)O[C@H](CO)[C@@H](O)[C@@H]1O. The summed E-state index contributed by atoms with van der Waals surface area (Å²) < 4.78 is 26.2. The summed E-state index contributed by atoms with van der Waals surface area (Å²) in [5.41, 5.74) is 0. The molecule has 180 valence electrons. The van der Waals surface area contributed by atoms with Gasteiger partial charge < -0.3 is 54.3 Å². The Hall–Kier alpha value is -1.42. The third kappa shape index (κ3) is 5.69. The van der Waals surface area contributed by atoms with E-state index >= 15 is 0 Å². The van der Waals surface area contributed by atoms with Crippen LogP contribution in [0.3, 0.4) is 0 Å². The second-order valence-electron chi connectivity index (χ2n) is 7.78. The Morgan fingerprint density at radius 1 is 0.968 bits per heavy atom. The second-order valence-corrected chi connectivity index (χ2v) is 7.78. The molecule has 13 nitrogen and oxygen atoms in total. The number of aliphatic hydroxyl groups is 6. The third-order valence-corrected chi connectivity index (χ3v) is 5.01. The predicted molar refractivity (Wildman–Crippen MR) is 96.9 cm³/mol. The molecule has 0 radical (unpaired) electrons. The van der Waals surface area contributed by atoms with Crippen LogP contribution in [0.25, 0.3) is 0 Å². The summed E-state index contributed by atoms with van der Waals surface area (Å²) in [6, 6.07) is 0. The molecule has 2 aliphatic rings. The van der Waals surface area contributed by atoms with Crippen molar-refractivity contribution in [3.63, 3.8) is 0 Å². The normalized spacial score (nSPS) is 40.7. The molecule has 0 spiro atoms. The highest BCUT2D eigenvalue weighted by Gasteiger charge is 2.59. The molecule has 2 aliphatic heterocycles. The van der Waals surface area contributed by atoms with Gasteiger partial charge in [-0.05, 0) is 0 Å². The predicted octanol–water partition coefficient (Wildman–Crippen LogP) is -3.62. The van der Waals surface area contributed by atoms with E-state index in [1.807, 2.05) is 0 Å². The maximum Gasteiger partial charge on any atom is 0.308 e. The van der Waals surface area contributed by atoms with Gasteiger partial charge in [0.05, 0.1) is 12.5 Å². The van der Waals surface area contributed by atoms with Crippen LogP contribution in [-0.2, 0) is 33.3 Å². The summed E-state index contributed by atoms with van der Waals surface area (Å²) in [5, 5.41) is 60.5. The van der Waals surface area contributed by atoms with E-state index in [0.29, 0.717) is 0 Å². The first-order chi connectivity index (χ1) is 14.4. The number of hydrogen-bond acceptors (Lipinski definition) is 13. The topological polar surface area (TPSA) is 202 Å². The minimum Gasteiger partial charge on any atom is -0.463 e. The Morgan fingerprint density at radius 3 is 2.13 bits per heavy atom. The summed E-state index contributed by atoms with van der Waals surface area (Å²) in [4.78, 5) is 23.0. The van der Waals surface area contributed by atoms with Crippen molar-refractivity contribution in [3.8, 4) is 0 Å². The highest BCUT2D eigenvalue weighted by molar-refractivity contribution is 5.71. The Morgan fingerprint density at radius 2 is 1.61 bits per heavy atom. The largest absolute Gasteiger partial charge is 0.463 e. The molecular formula is C18H30O13. The summed E-state index contributed by atoms with van der Waals surface area (Å²) in [6.45, 7) is 2.29. The van der Waals surface area contributed by atoms with Gasteiger partial charge in [0, 0.05) is 6.92 Å². The third-order valence-electron chi connectivity index (χ3n) is 5.01. The van der Waals surface area contributed by atoms with E-state index in [1.54, 1.807) is 13.8 Å². The van der Waals surface area contributed by atoms with Gasteiger partial charge in [0.25, 0.3) is 0 Å². The van der Waals surface area contributed by atoms with Crippen LogP contribution in [0.4, 0.5) is 0 Å². The lowest BCUT2D eigenvalue weighted by atomic mass is 9.99. The molecule has 6 N–H and O–H groups in total. The number of carbonyl (C=O) groups excluding carboxylic acids is 2. The first-order valence-electron chi connectivity index (χ1n) is 9.75. The van der Waals surface area contributed by atoms with E-state index in [1.165, 1.54) is 0 Å². The van der Waals surface area contributed by atoms with Gasteiger partial charge in [0.1, 0.15) is 55.9 Å². The zero-order valence-electron chi connectivity index (χ0n) is 17.4. The molecule has 0 unspecified atom stereocenters. The van der Waals surface area contributed by atoms with Crippen molar-refractivity contribution in [2.24, 2.45) is 5.92 Å². The molecule has 2 heterocycles. The number of esters is 2. The van der Waals surface area contributed by atoms with Crippen molar-refractivity contribution < 1.29 is 63.9 Å². The second kappa shape index (κ2) is 10.5. The van der Waals surface area contributed by atoms with Gasteiger partial charge in [0.15, 0.2) is 6.29 Å². The number of aliphatic hydroxyl groups excluding tert-OH is 6. The summed E-state index contributed by atoms with van der Waals surface area (Å²) in [5.74, 6) is -4.11. The summed E-state index contributed by atoms with van der Waals surface area (Å²) >= 11 is 0. The van der Waals surface area contributed by atoms with Gasteiger partial charge in [-0.1, -0.05) is 13.8 Å². The standard InChI is InChI=1S/C18H30O13/c1-7(2)16(26)27-5-10-11(21)13(23)14(24)17(29-10)31-18(6-28-8(3)20)15(25)12(22)9(4-19)30-18/h7,9-15,17,19,21-25H,4-6H2,1-3H3/t9-,10-,11-,12-,13+,14-,15+,17-,18+/m1/s1. The van der Waals surface area contributed by atoms with E-state index < -0.39 is 92.5 Å². The molecule has 0 saturated carbocycles. The van der Waals surface area contributed by atoms with Crippen molar-refractivity contribution >= 4 is 11.9 Å². The van der Waals surface area contributed by atoms with Gasteiger partial charge in [0.2, 0.25) is 5.79 Å². The zero-order valence-corrected chi connectivity index (χ0v) is 17.4. The summed E-state index contributed by atoms with van der Waals surface area (Å²) in [6.07, 6.45) is -13.2. The zero-order chi connectivity index (χ0) is 23.5. The van der Waals surface area contributed by atoms with Crippen molar-refractivity contribution in [1.29, 1.82) is 0 Å². The first kappa shape index (κ1) is 25.8. The number of rotatable bonds is 8. The van der Waals surface area contributed by atoms with E-state index in [2.05, 4.69) is 0 Å². The molecular weight excluding hydrogens is 424 g/mol. The van der Waals surface area contributed by atoms with Crippen LogP contribution in [0.15, 0.2) is 0 Å². The smallest absolute Gasteiger partial charge is 0.308 e. The summed E-state index contributed by atoms with van der Waals surface area (Å²) in [7, 11) is 0. The van der Waals surface area contributed by atoms with Gasteiger partial charge >= 0.3 is 11.9 Å². The quantitative estimate of drug-likeness (QED) is 0.196. The fourth-order valence-corrected chi connectivity index (χ4v) is 3.14. The van der Waals surface area contributed by atoms with Gasteiger partial charge in [-0.25, -0.2) is 0 Å². The molecule has 0 aromatic carbocycles. The maximum absolute atomic E-state index is 11.7. The molecule has 0 amide bonds. The fraction of sp³-hybridized carbons (Fsp3) is 0.889. The lowest BCUT2D eigenvalue weighted by molar-refractivity contribution is -0.383. The van der Waals surface area contributed by atoms with Crippen LogP contribution in [0.2, 0.25) is 0 Å². The van der Waals surface area contributed by atoms with Crippen molar-refractivity contribution in [1.82, 2.24) is 0 Å². The van der Waals surface area contributed by atoms with Gasteiger partial charge in [-0.15, -0.1) is 0 Å². The lowest BCUT2D eigenvalue weighted by Crippen LogP contribution is -2.63. The van der Waals surface area contributed by atoms with E-state index in [9.17, 15) is 40.2 Å². The highest BCUT2D eigenvalue weighted by Crippen LogP contribution is 2.36. The van der Waals surface area contributed by atoms with E-state index in [0.717, 1.165) is 6.92 Å². The van der Waals surface area contributed by atoms with Crippen LogP contribution in [0.1, 0.15) is 20.8 Å². The Balaban J connectivity index is 2.21. The molecule has 0 aromatic heterocycles. The Labute approximate surface area is 178 Å². The van der Waals surface area contributed by atoms with Crippen molar-refractivity contribution in [2.45, 2.75) is 75.6 Å². The molecule has 0 aliphatic carbocycles. The van der Waals surface area contributed by atoms with Gasteiger partial charge in [-0.2, -0.15) is 0 Å². The lowest BCUT2D eigenvalue weighted by Gasteiger charge is -2.43. The van der Waals surface area contributed by atoms with Crippen molar-refractivity contribution in [2.75, 3.05) is 19.8 Å². The Kier molecular flexibility index (Phi) is 8.72. The molecule has 2 saturated heterocycles. The van der Waals surface area contributed by atoms with Crippen LogP contribution < -0.4 is 0 Å². The van der Waals surface area contributed by atoms with Crippen LogP contribution in [0.5, 0.6) is 0 Å². The average molecular weight is 454 g/mol. The minimum atomic E-state index is -2.27. The first-order valence-corrected chi connectivity index (χ1v) is 9.75. The Bertz CT molecular complexity index is 628. The van der Waals surface area contributed by atoms with E-state index in [4.69, 9.17) is 23.7 Å². The molecule has 31 heavy (non-hydrogen) atoms.